The maximum Gasteiger partial charge on any atom is 0.307 e. The lowest BCUT2D eigenvalue weighted by molar-refractivity contribution is -0.153. The highest BCUT2D eigenvalue weighted by Crippen LogP contribution is 2.12. The zero-order valence-corrected chi connectivity index (χ0v) is 12.8. The van der Waals surface area contributed by atoms with Gasteiger partial charge in [0.05, 0.1) is 6.42 Å². The average Bonchev–Trinajstić information content (AvgIpc) is 2.45. The number of carbonyl (C=O) groups excluding carboxylic acids is 4. The van der Waals surface area contributed by atoms with Crippen LogP contribution >= 0.6 is 0 Å². The lowest BCUT2D eigenvalue weighted by atomic mass is 10.1. The van der Waals surface area contributed by atoms with Crippen LogP contribution in [0.5, 0.6) is 0 Å². The monoisotopic (exact) mass is 305 g/mol. The van der Waals surface area contributed by atoms with Crippen molar-refractivity contribution in [3.63, 3.8) is 0 Å². The number of amides is 1. The zero-order valence-electron chi connectivity index (χ0n) is 12.8. The summed E-state index contributed by atoms with van der Waals surface area (Å²) in [4.78, 5) is 45.4. The van der Waals surface area contributed by atoms with Gasteiger partial charge in [-0.2, -0.15) is 0 Å². The number of hydrogen-bond donors (Lipinski definition) is 1. The standard InChI is InChI=1S/C16H19NO5/c1-10(18)7-8-15(20)22-12(3)16(21)17-14-6-4-5-13(9-14)11(2)19/h4-6,9,12H,7-8H2,1-3H3,(H,17,21)/t12-/m0/s1. The van der Waals surface area contributed by atoms with Gasteiger partial charge in [-0.3, -0.25) is 14.4 Å². The van der Waals surface area contributed by atoms with Gasteiger partial charge in [0.15, 0.2) is 11.9 Å². The Hall–Kier alpha value is -2.50. The molecule has 0 unspecified atom stereocenters. The Kier molecular flexibility index (Phi) is 6.44. The molecule has 0 saturated carbocycles. The molecular weight excluding hydrogens is 286 g/mol. The number of esters is 1. The molecule has 0 saturated heterocycles. The molecule has 0 aliphatic rings. The summed E-state index contributed by atoms with van der Waals surface area (Å²) >= 11 is 0. The predicted molar refractivity (Wildman–Crippen MR) is 80.5 cm³/mol. The van der Waals surface area contributed by atoms with Crippen molar-refractivity contribution in [2.24, 2.45) is 0 Å². The zero-order chi connectivity index (χ0) is 16.7. The van der Waals surface area contributed by atoms with Gasteiger partial charge in [0.2, 0.25) is 0 Å². The molecule has 0 bridgehead atoms. The van der Waals surface area contributed by atoms with Crippen LogP contribution in [0, 0.1) is 0 Å². The van der Waals surface area contributed by atoms with Crippen LogP contribution in [0.4, 0.5) is 5.69 Å². The molecule has 6 nitrogen and oxygen atoms in total. The number of hydrogen-bond acceptors (Lipinski definition) is 5. The molecule has 118 valence electrons. The molecule has 0 fully saturated rings. The molecule has 0 aliphatic carbocycles. The molecule has 1 rings (SSSR count). The molecule has 1 amide bonds. The van der Waals surface area contributed by atoms with Crippen molar-refractivity contribution in [1.29, 1.82) is 0 Å². The Bertz CT molecular complexity index is 594. The number of ether oxygens (including phenoxy) is 1. The summed E-state index contributed by atoms with van der Waals surface area (Å²) in [6.07, 6.45) is -0.943. The summed E-state index contributed by atoms with van der Waals surface area (Å²) in [6, 6.07) is 6.47. The number of ketones is 2. The fourth-order valence-corrected chi connectivity index (χ4v) is 1.65. The van der Waals surface area contributed by atoms with Crippen molar-refractivity contribution >= 4 is 29.1 Å². The molecule has 1 aromatic carbocycles. The number of nitrogens with one attached hydrogen (secondary N) is 1. The summed E-state index contributed by atoms with van der Waals surface area (Å²) in [7, 11) is 0. The summed E-state index contributed by atoms with van der Waals surface area (Å²) in [5, 5.41) is 2.57. The number of carbonyl (C=O) groups is 4. The Morgan fingerprint density at radius 3 is 2.41 bits per heavy atom. The number of anilines is 1. The van der Waals surface area contributed by atoms with Crippen LogP contribution in [0.1, 0.15) is 44.0 Å². The maximum absolute atomic E-state index is 11.9. The second-order valence-electron chi connectivity index (χ2n) is 4.96. The van der Waals surface area contributed by atoms with E-state index in [2.05, 4.69) is 5.32 Å². The van der Waals surface area contributed by atoms with Crippen LogP contribution in [-0.4, -0.2) is 29.5 Å². The average molecular weight is 305 g/mol. The molecule has 0 heterocycles. The molecule has 1 N–H and O–H groups in total. The summed E-state index contributed by atoms with van der Waals surface area (Å²) in [6.45, 7) is 4.25. The van der Waals surface area contributed by atoms with E-state index in [0.29, 0.717) is 11.3 Å². The predicted octanol–water partition coefficient (Wildman–Crippen LogP) is 2.13. The van der Waals surface area contributed by atoms with E-state index in [1.807, 2.05) is 0 Å². The first-order valence-corrected chi connectivity index (χ1v) is 6.90. The molecule has 0 spiro atoms. The largest absolute Gasteiger partial charge is 0.453 e. The first kappa shape index (κ1) is 17.6. The molecule has 6 heteroatoms. The van der Waals surface area contributed by atoms with Crippen LogP contribution in [-0.2, 0) is 19.1 Å². The normalized spacial score (nSPS) is 11.4. The third-order valence-corrected chi connectivity index (χ3v) is 2.90. The molecule has 22 heavy (non-hydrogen) atoms. The summed E-state index contributed by atoms with van der Waals surface area (Å²) in [5.74, 6) is -1.33. The van der Waals surface area contributed by atoms with Crippen molar-refractivity contribution < 1.29 is 23.9 Å². The number of Topliss-reactive ketones (excluding diaryl/α,β-unsaturated/α-hetero) is 2. The van der Waals surface area contributed by atoms with Crippen LogP contribution in [0.15, 0.2) is 24.3 Å². The van der Waals surface area contributed by atoms with E-state index in [1.165, 1.54) is 20.8 Å². The minimum Gasteiger partial charge on any atom is -0.453 e. The van der Waals surface area contributed by atoms with Crippen LogP contribution in [0.2, 0.25) is 0 Å². The highest BCUT2D eigenvalue weighted by Gasteiger charge is 2.18. The second-order valence-corrected chi connectivity index (χ2v) is 4.96. The molecule has 0 radical (unpaired) electrons. The summed E-state index contributed by atoms with van der Waals surface area (Å²) < 4.78 is 4.94. The maximum atomic E-state index is 11.9. The van der Waals surface area contributed by atoms with Gasteiger partial charge in [-0.05, 0) is 32.9 Å². The quantitative estimate of drug-likeness (QED) is 0.615. The third-order valence-electron chi connectivity index (χ3n) is 2.90. The van der Waals surface area contributed by atoms with Crippen LogP contribution in [0.3, 0.4) is 0 Å². The van der Waals surface area contributed by atoms with Gasteiger partial charge >= 0.3 is 5.97 Å². The van der Waals surface area contributed by atoms with E-state index in [-0.39, 0.29) is 24.4 Å². The first-order chi connectivity index (χ1) is 10.3. The molecule has 0 aromatic heterocycles. The number of rotatable bonds is 7. The minimum absolute atomic E-state index is 0.0488. The molecule has 0 aliphatic heterocycles. The fourth-order valence-electron chi connectivity index (χ4n) is 1.65. The van der Waals surface area contributed by atoms with Gasteiger partial charge in [-0.25, -0.2) is 0 Å². The highest BCUT2D eigenvalue weighted by molar-refractivity contribution is 5.98. The van der Waals surface area contributed by atoms with Crippen LogP contribution < -0.4 is 5.32 Å². The van der Waals surface area contributed by atoms with Gasteiger partial charge in [-0.15, -0.1) is 0 Å². The van der Waals surface area contributed by atoms with Gasteiger partial charge < -0.3 is 14.8 Å². The lowest BCUT2D eigenvalue weighted by Gasteiger charge is -2.13. The molecule has 1 atom stereocenters. The minimum atomic E-state index is -0.986. The van der Waals surface area contributed by atoms with Gasteiger partial charge in [0.1, 0.15) is 5.78 Å². The van der Waals surface area contributed by atoms with Gasteiger partial charge in [0.25, 0.3) is 5.91 Å². The highest BCUT2D eigenvalue weighted by atomic mass is 16.5. The number of benzene rings is 1. The molecule has 1 aromatic rings. The fraction of sp³-hybridized carbons (Fsp3) is 0.375. The second kappa shape index (κ2) is 8.07. The van der Waals surface area contributed by atoms with Crippen molar-refractivity contribution in [3.8, 4) is 0 Å². The van der Waals surface area contributed by atoms with Crippen LogP contribution in [0.25, 0.3) is 0 Å². The van der Waals surface area contributed by atoms with E-state index in [0.717, 1.165) is 0 Å². The van der Waals surface area contributed by atoms with Gasteiger partial charge in [0, 0.05) is 17.7 Å². The Morgan fingerprint density at radius 2 is 1.82 bits per heavy atom. The first-order valence-electron chi connectivity index (χ1n) is 6.90. The van der Waals surface area contributed by atoms with Crippen molar-refractivity contribution in [1.82, 2.24) is 0 Å². The summed E-state index contributed by atoms with van der Waals surface area (Å²) in [5.41, 5.74) is 0.924. The SMILES string of the molecule is CC(=O)CCC(=O)O[C@@H](C)C(=O)Nc1cccc(C(C)=O)c1. The van der Waals surface area contributed by atoms with E-state index in [4.69, 9.17) is 4.74 Å². The van der Waals surface area contributed by atoms with E-state index >= 15 is 0 Å². The Morgan fingerprint density at radius 1 is 1.14 bits per heavy atom. The van der Waals surface area contributed by atoms with Crippen molar-refractivity contribution in [3.05, 3.63) is 29.8 Å². The van der Waals surface area contributed by atoms with Gasteiger partial charge in [-0.1, -0.05) is 12.1 Å². The van der Waals surface area contributed by atoms with E-state index in [1.54, 1.807) is 24.3 Å². The molecular formula is C16H19NO5. The lowest BCUT2D eigenvalue weighted by Crippen LogP contribution is -2.30. The third kappa shape index (κ3) is 5.87. The Labute approximate surface area is 128 Å². The Balaban J connectivity index is 2.57. The van der Waals surface area contributed by atoms with E-state index < -0.39 is 18.0 Å². The van der Waals surface area contributed by atoms with Crippen molar-refractivity contribution in [2.75, 3.05) is 5.32 Å². The smallest absolute Gasteiger partial charge is 0.307 e. The topological polar surface area (TPSA) is 89.5 Å². The van der Waals surface area contributed by atoms with E-state index in [9.17, 15) is 19.2 Å². The van der Waals surface area contributed by atoms with Crippen molar-refractivity contribution in [2.45, 2.75) is 39.7 Å².